The van der Waals surface area contributed by atoms with E-state index in [0.717, 1.165) is 45.3 Å². The van der Waals surface area contributed by atoms with Crippen LogP contribution < -0.4 is 10.5 Å². The SMILES string of the molecule is COc1cc(N)c(Cl)cc1C(=O)CCCCN1CCC(OC)CC1.Cl. The Morgan fingerprint density at radius 2 is 1.96 bits per heavy atom. The van der Waals surface area contributed by atoms with Gasteiger partial charge in [0.25, 0.3) is 0 Å². The van der Waals surface area contributed by atoms with E-state index < -0.39 is 0 Å². The molecule has 1 aliphatic rings. The standard InChI is InChI=1S/C18H27ClN2O3.ClH/c1-23-13-6-9-21(10-7-13)8-4-3-5-17(22)14-11-15(19)16(20)12-18(14)24-2;/h11-13H,3-10,20H2,1-2H3;1H. The summed E-state index contributed by atoms with van der Waals surface area (Å²) in [5, 5.41) is 0.389. The summed E-state index contributed by atoms with van der Waals surface area (Å²) in [6.45, 7) is 3.19. The molecule has 0 aliphatic carbocycles. The lowest BCUT2D eigenvalue weighted by Gasteiger charge is -2.31. The average Bonchev–Trinajstić information content (AvgIpc) is 2.61. The van der Waals surface area contributed by atoms with E-state index in [0.29, 0.717) is 34.5 Å². The smallest absolute Gasteiger partial charge is 0.166 e. The van der Waals surface area contributed by atoms with Gasteiger partial charge in [-0.25, -0.2) is 0 Å². The van der Waals surface area contributed by atoms with E-state index in [2.05, 4.69) is 4.90 Å². The first-order valence-corrected chi connectivity index (χ1v) is 8.84. The Bertz CT molecular complexity index is 561. The number of hydrogen-bond acceptors (Lipinski definition) is 5. The van der Waals surface area contributed by atoms with Crippen LogP contribution >= 0.6 is 24.0 Å². The highest BCUT2D eigenvalue weighted by molar-refractivity contribution is 6.33. The number of piperidine rings is 1. The molecular formula is C18H28Cl2N2O3. The number of rotatable bonds is 8. The van der Waals surface area contributed by atoms with Gasteiger partial charge in [0, 0.05) is 32.7 Å². The molecule has 0 radical (unpaired) electrons. The highest BCUT2D eigenvalue weighted by atomic mass is 35.5. The summed E-state index contributed by atoms with van der Waals surface area (Å²) in [7, 11) is 3.31. The number of anilines is 1. The van der Waals surface area contributed by atoms with Gasteiger partial charge in [-0.15, -0.1) is 12.4 Å². The lowest BCUT2D eigenvalue weighted by molar-refractivity contribution is 0.0407. The summed E-state index contributed by atoms with van der Waals surface area (Å²) in [6.07, 6.45) is 4.95. The molecule has 1 heterocycles. The number of halogens is 2. The van der Waals surface area contributed by atoms with E-state index in [1.165, 1.54) is 7.11 Å². The predicted molar refractivity (Wildman–Crippen MR) is 104 cm³/mol. The third-order valence-electron chi connectivity index (χ3n) is 4.62. The fourth-order valence-corrected chi connectivity index (χ4v) is 3.24. The van der Waals surface area contributed by atoms with Gasteiger partial charge in [-0.3, -0.25) is 4.79 Å². The van der Waals surface area contributed by atoms with Gasteiger partial charge in [-0.05, 0) is 38.3 Å². The Kier molecular flexibility index (Phi) is 9.57. The zero-order chi connectivity index (χ0) is 17.5. The molecule has 0 saturated carbocycles. The van der Waals surface area contributed by atoms with E-state index in [1.54, 1.807) is 19.2 Å². The molecule has 1 fully saturated rings. The molecule has 0 bridgehead atoms. The average molecular weight is 391 g/mol. The first kappa shape index (κ1) is 22.0. The Morgan fingerprint density at radius 3 is 2.56 bits per heavy atom. The number of likely N-dealkylation sites (tertiary alicyclic amines) is 1. The van der Waals surface area contributed by atoms with Crippen LogP contribution in [0.3, 0.4) is 0 Å². The molecule has 5 nitrogen and oxygen atoms in total. The van der Waals surface area contributed by atoms with Crippen molar-refractivity contribution < 1.29 is 14.3 Å². The summed E-state index contributed by atoms with van der Waals surface area (Å²) in [6, 6.07) is 3.21. The van der Waals surface area contributed by atoms with Crippen molar-refractivity contribution in [1.29, 1.82) is 0 Å². The summed E-state index contributed by atoms with van der Waals surface area (Å²) in [4.78, 5) is 14.9. The topological polar surface area (TPSA) is 64.8 Å². The molecule has 2 N–H and O–H groups in total. The maximum Gasteiger partial charge on any atom is 0.166 e. The van der Waals surface area contributed by atoms with Crippen LogP contribution in [0.25, 0.3) is 0 Å². The van der Waals surface area contributed by atoms with Crippen molar-refractivity contribution in [1.82, 2.24) is 4.90 Å². The predicted octanol–water partition coefficient (Wildman–Crippen LogP) is 3.82. The maximum absolute atomic E-state index is 12.4. The van der Waals surface area contributed by atoms with Crippen molar-refractivity contribution in [3.8, 4) is 5.75 Å². The molecule has 7 heteroatoms. The van der Waals surface area contributed by atoms with Crippen LogP contribution in [0.2, 0.25) is 5.02 Å². The second kappa shape index (κ2) is 10.9. The van der Waals surface area contributed by atoms with Gasteiger partial charge in [-0.2, -0.15) is 0 Å². The Balaban J connectivity index is 0.00000312. The number of carbonyl (C=O) groups excluding carboxylic acids is 1. The summed E-state index contributed by atoms with van der Waals surface area (Å²) < 4.78 is 10.6. The quantitative estimate of drug-likeness (QED) is 0.415. The number of benzene rings is 1. The Morgan fingerprint density at radius 1 is 1.28 bits per heavy atom. The molecule has 0 spiro atoms. The molecule has 1 aromatic rings. The van der Waals surface area contributed by atoms with Crippen molar-refractivity contribution >= 4 is 35.5 Å². The summed E-state index contributed by atoms with van der Waals surface area (Å²) in [5.74, 6) is 0.537. The zero-order valence-electron chi connectivity index (χ0n) is 14.9. The van der Waals surface area contributed by atoms with Crippen LogP contribution in [-0.2, 0) is 4.74 Å². The van der Waals surface area contributed by atoms with Gasteiger partial charge >= 0.3 is 0 Å². The second-order valence-electron chi connectivity index (χ2n) is 6.23. The minimum Gasteiger partial charge on any atom is -0.496 e. The Labute approximate surface area is 161 Å². The number of Topliss-reactive ketones (excluding diaryl/α,β-unsaturated/α-hetero) is 1. The molecule has 0 aromatic heterocycles. The first-order chi connectivity index (χ1) is 11.5. The Hall–Kier alpha value is -1.01. The lowest BCUT2D eigenvalue weighted by atomic mass is 10.0. The molecule has 0 amide bonds. The lowest BCUT2D eigenvalue weighted by Crippen LogP contribution is -2.37. The number of ether oxygens (including phenoxy) is 2. The number of methoxy groups -OCH3 is 2. The highest BCUT2D eigenvalue weighted by Gasteiger charge is 2.18. The molecule has 1 aliphatic heterocycles. The third kappa shape index (κ3) is 6.33. The van der Waals surface area contributed by atoms with Gasteiger partial charge in [0.15, 0.2) is 5.78 Å². The summed E-state index contributed by atoms with van der Waals surface area (Å²) >= 11 is 6.02. The van der Waals surface area contributed by atoms with Crippen molar-refractivity contribution in [3.05, 3.63) is 22.7 Å². The molecule has 1 aromatic carbocycles. The molecular weight excluding hydrogens is 363 g/mol. The third-order valence-corrected chi connectivity index (χ3v) is 4.94. The van der Waals surface area contributed by atoms with Crippen LogP contribution in [0.1, 0.15) is 42.5 Å². The van der Waals surface area contributed by atoms with E-state index in [1.807, 2.05) is 0 Å². The van der Waals surface area contributed by atoms with E-state index in [-0.39, 0.29) is 18.2 Å². The molecule has 1 saturated heterocycles. The fourth-order valence-electron chi connectivity index (χ4n) is 3.08. The number of nitrogen functional groups attached to an aromatic ring is 1. The normalized spacial score (nSPS) is 15.6. The van der Waals surface area contributed by atoms with Crippen LogP contribution in [0.4, 0.5) is 5.69 Å². The molecule has 142 valence electrons. The minimum absolute atomic E-state index is 0. The van der Waals surface area contributed by atoms with Gasteiger partial charge in [0.05, 0.1) is 29.5 Å². The fraction of sp³-hybridized carbons (Fsp3) is 0.611. The van der Waals surface area contributed by atoms with Crippen LogP contribution in [-0.4, -0.2) is 50.6 Å². The van der Waals surface area contributed by atoms with Crippen molar-refractivity contribution in [3.63, 3.8) is 0 Å². The first-order valence-electron chi connectivity index (χ1n) is 8.46. The molecule has 2 rings (SSSR count). The molecule has 0 unspecified atom stereocenters. The maximum atomic E-state index is 12.4. The van der Waals surface area contributed by atoms with Crippen LogP contribution in [0, 0.1) is 0 Å². The van der Waals surface area contributed by atoms with E-state index in [9.17, 15) is 4.79 Å². The summed E-state index contributed by atoms with van der Waals surface area (Å²) in [5.41, 5.74) is 6.68. The monoisotopic (exact) mass is 390 g/mol. The largest absolute Gasteiger partial charge is 0.496 e. The van der Waals surface area contributed by atoms with E-state index in [4.69, 9.17) is 26.8 Å². The van der Waals surface area contributed by atoms with Crippen molar-refractivity contribution in [2.75, 3.05) is 39.6 Å². The number of hydrogen-bond donors (Lipinski definition) is 1. The number of carbonyl (C=O) groups is 1. The second-order valence-corrected chi connectivity index (χ2v) is 6.64. The van der Waals surface area contributed by atoms with Crippen LogP contribution in [0.5, 0.6) is 5.75 Å². The molecule has 25 heavy (non-hydrogen) atoms. The number of nitrogens with zero attached hydrogens (tertiary/aromatic N) is 1. The molecule has 0 atom stereocenters. The minimum atomic E-state index is 0. The van der Waals surface area contributed by atoms with Crippen molar-refractivity contribution in [2.45, 2.75) is 38.2 Å². The van der Waals surface area contributed by atoms with Gasteiger partial charge in [0.2, 0.25) is 0 Å². The highest BCUT2D eigenvalue weighted by Crippen LogP contribution is 2.30. The number of ketones is 1. The number of nitrogens with two attached hydrogens (primary N) is 1. The van der Waals surface area contributed by atoms with Crippen LogP contribution in [0.15, 0.2) is 12.1 Å². The van der Waals surface area contributed by atoms with Gasteiger partial charge < -0.3 is 20.1 Å². The zero-order valence-corrected chi connectivity index (χ0v) is 16.5. The van der Waals surface area contributed by atoms with Gasteiger partial charge in [0.1, 0.15) is 5.75 Å². The van der Waals surface area contributed by atoms with Crippen molar-refractivity contribution in [2.24, 2.45) is 0 Å². The van der Waals surface area contributed by atoms with Gasteiger partial charge in [-0.1, -0.05) is 11.6 Å². The van der Waals surface area contributed by atoms with E-state index >= 15 is 0 Å². The number of unbranched alkanes of at least 4 members (excludes halogenated alkanes) is 1.